The number of aromatic nitrogens is 4. The van der Waals surface area contributed by atoms with E-state index in [0.29, 0.717) is 11.2 Å². The van der Waals surface area contributed by atoms with Crippen LogP contribution in [-0.4, -0.2) is 36.0 Å². The first-order valence-electron chi connectivity index (χ1n) is 5.33. The molecule has 0 aliphatic rings. The topological polar surface area (TPSA) is 82.0 Å². The summed E-state index contributed by atoms with van der Waals surface area (Å²) >= 11 is 5.51. The third kappa shape index (κ3) is 1.95. The molecule has 2 rings (SSSR count). The van der Waals surface area contributed by atoms with Gasteiger partial charge in [0.05, 0.1) is 24.7 Å². The summed E-state index contributed by atoms with van der Waals surface area (Å²) in [7, 11) is 3.00. The molecule has 18 heavy (non-hydrogen) atoms. The van der Waals surface area contributed by atoms with Gasteiger partial charge in [0.2, 0.25) is 0 Å². The van der Waals surface area contributed by atoms with Crippen LogP contribution in [0.5, 0.6) is 0 Å². The number of alkyl halides is 1. The highest BCUT2D eigenvalue weighted by molar-refractivity contribution is 6.18. The Morgan fingerprint density at radius 3 is 2.56 bits per heavy atom. The molecule has 1 unspecified atom stereocenters. The van der Waals surface area contributed by atoms with E-state index in [1.54, 1.807) is 6.20 Å². The second kappa shape index (κ2) is 4.58. The molecule has 0 aliphatic carbocycles. The van der Waals surface area contributed by atoms with Crippen LogP contribution in [0.3, 0.4) is 0 Å². The standard InChI is InChI=1S/C10H13ClN4O3/c1-13-7-5-15(4-6(16)3-11)12-8(7)14(2)10(18)9(13)17/h5-6,16H,3-4H2,1-2H3. The zero-order valence-electron chi connectivity index (χ0n) is 10.00. The first-order chi connectivity index (χ1) is 8.45. The van der Waals surface area contributed by atoms with Crippen molar-refractivity contribution in [3.05, 3.63) is 26.9 Å². The van der Waals surface area contributed by atoms with Crippen molar-refractivity contribution in [1.82, 2.24) is 18.9 Å². The summed E-state index contributed by atoms with van der Waals surface area (Å²) in [5.74, 6) is 0.0913. The Balaban J connectivity index is 2.65. The van der Waals surface area contributed by atoms with Crippen molar-refractivity contribution < 1.29 is 5.11 Å². The monoisotopic (exact) mass is 272 g/mol. The highest BCUT2D eigenvalue weighted by Gasteiger charge is 2.13. The second-order valence-electron chi connectivity index (χ2n) is 4.10. The molecule has 0 fully saturated rings. The number of hydrogen-bond donors (Lipinski definition) is 1. The average Bonchev–Trinajstić information content (AvgIpc) is 2.77. The third-order valence-corrected chi connectivity index (χ3v) is 3.13. The fourth-order valence-electron chi connectivity index (χ4n) is 1.73. The number of rotatable bonds is 3. The molecule has 0 saturated heterocycles. The molecule has 1 N–H and O–H groups in total. The zero-order chi connectivity index (χ0) is 13.4. The van der Waals surface area contributed by atoms with Gasteiger partial charge in [-0.1, -0.05) is 0 Å². The number of aliphatic hydroxyl groups excluding tert-OH is 1. The van der Waals surface area contributed by atoms with Gasteiger partial charge in [0.15, 0.2) is 5.65 Å². The fraction of sp³-hybridized carbons (Fsp3) is 0.500. The van der Waals surface area contributed by atoms with E-state index in [2.05, 4.69) is 5.10 Å². The highest BCUT2D eigenvalue weighted by Crippen LogP contribution is 2.07. The fourth-order valence-corrected chi connectivity index (χ4v) is 1.82. The van der Waals surface area contributed by atoms with E-state index in [-0.39, 0.29) is 12.4 Å². The summed E-state index contributed by atoms with van der Waals surface area (Å²) in [5, 5.41) is 13.6. The van der Waals surface area contributed by atoms with Crippen LogP contribution >= 0.6 is 11.6 Å². The van der Waals surface area contributed by atoms with Crippen LogP contribution in [0.25, 0.3) is 11.2 Å². The maximum absolute atomic E-state index is 11.6. The van der Waals surface area contributed by atoms with Gasteiger partial charge < -0.3 is 9.67 Å². The smallest absolute Gasteiger partial charge is 0.317 e. The Morgan fingerprint density at radius 2 is 1.94 bits per heavy atom. The maximum Gasteiger partial charge on any atom is 0.317 e. The number of halogens is 1. The van der Waals surface area contributed by atoms with Gasteiger partial charge in [0, 0.05) is 14.1 Å². The van der Waals surface area contributed by atoms with Crippen molar-refractivity contribution in [3.8, 4) is 0 Å². The molecule has 0 aliphatic heterocycles. The number of fused-ring (bicyclic) bond motifs is 1. The van der Waals surface area contributed by atoms with Gasteiger partial charge in [-0.3, -0.25) is 18.8 Å². The molecule has 2 aromatic heterocycles. The molecule has 0 aromatic carbocycles. The Morgan fingerprint density at radius 1 is 1.33 bits per heavy atom. The Labute approximate surface area is 107 Å². The van der Waals surface area contributed by atoms with Gasteiger partial charge in [-0.25, -0.2) is 0 Å². The lowest BCUT2D eigenvalue weighted by molar-refractivity contribution is 0.172. The summed E-state index contributed by atoms with van der Waals surface area (Å²) < 4.78 is 3.91. The van der Waals surface area contributed by atoms with Gasteiger partial charge in [0.25, 0.3) is 0 Å². The van der Waals surface area contributed by atoms with Crippen LogP contribution < -0.4 is 11.1 Å². The number of nitrogens with zero attached hydrogens (tertiary/aromatic N) is 4. The van der Waals surface area contributed by atoms with E-state index in [9.17, 15) is 14.7 Å². The quantitative estimate of drug-likeness (QED) is 0.576. The summed E-state index contributed by atoms with van der Waals surface area (Å²) in [6.45, 7) is 0.209. The summed E-state index contributed by atoms with van der Waals surface area (Å²) in [5.41, 5.74) is -0.316. The van der Waals surface area contributed by atoms with Gasteiger partial charge in [-0.2, -0.15) is 5.10 Å². The molecule has 2 heterocycles. The van der Waals surface area contributed by atoms with Gasteiger partial charge in [0.1, 0.15) is 5.52 Å². The average molecular weight is 273 g/mol. The van der Waals surface area contributed by atoms with Gasteiger partial charge in [-0.05, 0) is 0 Å². The molecule has 7 nitrogen and oxygen atoms in total. The van der Waals surface area contributed by atoms with Crippen molar-refractivity contribution in [3.63, 3.8) is 0 Å². The summed E-state index contributed by atoms with van der Waals surface area (Å²) in [6, 6.07) is 0. The molecular formula is C10H13ClN4O3. The van der Waals surface area contributed by atoms with Crippen molar-refractivity contribution in [2.45, 2.75) is 12.6 Å². The molecule has 0 radical (unpaired) electrons. The molecular weight excluding hydrogens is 260 g/mol. The lowest BCUT2D eigenvalue weighted by Crippen LogP contribution is -2.39. The van der Waals surface area contributed by atoms with Crippen LogP contribution in [0.15, 0.2) is 15.8 Å². The third-order valence-electron chi connectivity index (χ3n) is 2.77. The zero-order valence-corrected chi connectivity index (χ0v) is 10.8. The SMILES string of the molecule is Cn1c(=O)c(=O)n(C)c2nn(CC(O)CCl)cc21. The van der Waals surface area contributed by atoms with E-state index < -0.39 is 17.2 Å². The van der Waals surface area contributed by atoms with E-state index >= 15 is 0 Å². The molecule has 0 spiro atoms. The predicted molar refractivity (Wildman–Crippen MR) is 66.9 cm³/mol. The van der Waals surface area contributed by atoms with Crippen LogP contribution in [0.4, 0.5) is 0 Å². The highest BCUT2D eigenvalue weighted by atomic mass is 35.5. The maximum atomic E-state index is 11.6. The van der Waals surface area contributed by atoms with E-state index in [4.69, 9.17) is 11.6 Å². The summed E-state index contributed by atoms with van der Waals surface area (Å²) in [6.07, 6.45) is 0.876. The minimum absolute atomic E-state index is 0.0913. The first-order valence-corrected chi connectivity index (χ1v) is 5.86. The molecule has 2 aromatic rings. The van der Waals surface area contributed by atoms with Crippen molar-refractivity contribution in [1.29, 1.82) is 0 Å². The Kier molecular flexibility index (Phi) is 3.27. The summed E-state index contributed by atoms with van der Waals surface area (Å²) in [4.78, 5) is 23.2. The minimum atomic E-state index is -0.727. The van der Waals surface area contributed by atoms with E-state index in [0.717, 1.165) is 0 Å². The van der Waals surface area contributed by atoms with Crippen LogP contribution in [-0.2, 0) is 20.6 Å². The number of aryl methyl sites for hydroxylation is 2. The number of hydrogen-bond acceptors (Lipinski definition) is 4. The van der Waals surface area contributed by atoms with Crippen molar-refractivity contribution in [2.24, 2.45) is 14.1 Å². The lowest BCUT2D eigenvalue weighted by Gasteiger charge is -2.05. The van der Waals surface area contributed by atoms with Gasteiger partial charge >= 0.3 is 11.1 Å². The van der Waals surface area contributed by atoms with E-state index in [1.165, 1.54) is 27.9 Å². The largest absolute Gasteiger partial charge is 0.390 e. The second-order valence-corrected chi connectivity index (χ2v) is 4.41. The minimum Gasteiger partial charge on any atom is -0.390 e. The van der Waals surface area contributed by atoms with Crippen LogP contribution in [0.2, 0.25) is 0 Å². The predicted octanol–water partition coefficient (Wildman–Crippen LogP) is -0.967. The van der Waals surface area contributed by atoms with Crippen LogP contribution in [0.1, 0.15) is 0 Å². The first kappa shape index (κ1) is 12.8. The lowest BCUT2D eigenvalue weighted by atomic mass is 10.4. The van der Waals surface area contributed by atoms with Crippen LogP contribution in [0, 0.1) is 0 Å². The molecule has 8 heteroatoms. The van der Waals surface area contributed by atoms with Crippen molar-refractivity contribution >= 4 is 22.8 Å². The normalized spacial score (nSPS) is 13.1. The van der Waals surface area contributed by atoms with E-state index in [1.807, 2.05) is 0 Å². The van der Waals surface area contributed by atoms with Crippen molar-refractivity contribution in [2.75, 3.05) is 5.88 Å². The molecule has 0 amide bonds. The molecule has 1 atom stereocenters. The van der Waals surface area contributed by atoms with Gasteiger partial charge in [-0.15, -0.1) is 11.6 Å². The molecule has 98 valence electrons. The Bertz CT molecular complexity index is 646. The Hall–Kier alpha value is -1.60. The molecule has 0 bridgehead atoms. The number of aliphatic hydroxyl groups is 1. The molecule has 0 saturated carbocycles.